The molecule has 1 aromatic heterocycles. The fourth-order valence-electron chi connectivity index (χ4n) is 3.00. The Morgan fingerprint density at radius 2 is 1.64 bits per heavy atom. The number of nitrogens with one attached hydrogen (secondary N) is 1. The minimum Gasteiger partial charge on any atom is -1.00 e. The lowest BCUT2D eigenvalue weighted by atomic mass is 10.00. The van der Waals surface area contributed by atoms with Gasteiger partial charge in [0.2, 0.25) is 5.69 Å². The van der Waals surface area contributed by atoms with Gasteiger partial charge in [-0.2, -0.15) is 0 Å². The minimum absolute atomic E-state index is 0. The van der Waals surface area contributed by atoms with Crippen molar-refractivity contribution < 1.29 is 17.4 Å². The standard InChI is InChI=1S/C20H15N.ClH/c1-14-9-10-17-18(12-14)19(13-15-6-3-2-4-7-15)16-8-5-11-21-20(16)17;/h2-13H,1H3;1H. The molecule has 3 aromatic rings. The summed E-state index contributed by atoms with van der Waals surface area (Å²) in [4.78, 5) is 3.40. The molecular weight excluding hydrogens is 290 g/mol. The lowest BCUT2D eigenvalue weighted by Crippen LogP contribution is -3.00. The largest absolute Gasteiger partial charge is 1.00 e. The topological polar surface area (TPSA) is 14.1 Å². The van der Waals surface area contributed by atoms with Crippen LogP contribution in [0.3, 0.4) is 0 Å². The van der Waals surface area contributed by atoms with E-state index in [9.17, 15) is 0 Å². The third-order valence-corrected chi connectivity index (χ3v) is 3.99. The summed E-state index contributed by atoms with van der Waals surface area (Å²) >= 11 is 0. The van der Waals surface area contributed by atoms with Crippen molar-refractivity contribution in [2.24, 2.45) is 0 Å². The van der Waals surface area contributed by atoms with Crippen LogP contribution in [0.25, 0.3) is 22.9 Å². The van der Waals surface area contributed by atoms with Crippen LogP contribution in [0.5, 0.6) is 0 Å². The summed E-state index contributed by atoms with van der Waals surface area (Å²) in [5.74, 6) is 0. The van der Waals surface area contributed by atoms with Crippen LogP contribution in [0.15, 0.2) is 66.9 Å². The number of aromatic amines is 1. The second-order valence-corrected chi connectivity index (χ2v) is 5.48. The Morgan fingerprint density at radius 3 is 2.45 bits per heavy atom. The van der Waals surface area contributed by atoms with E-state index < -0.39 is 0 Å². The van der Waals surface area contributed by atoms with Gasteiger partial charge in [-0.15, -0.1) is 0 Å². The second kappa shape index (κ2) is 5.78. The molecule has 0 amide bonds. The highest BCUT2D eigenvalue weighted by atomic mass is 35.5. The van der Waals surface area contributed by atoms with E-state index in [1.807, 2.05) is 6.20 Å². The molecule has 2 aromatic carbocycles. The highest BCUT2D eigenvalue weighted by Gasteiger charge is 2.28. The van der Waals surface area contributed by atoms with E-state index in [0.29, 0.717) is 0 Å². The first-order valence-electron chi connectivity index (χ1n) is 7.22. The molecule has 4 rings (SSSR count). The van der Waals surface area contributed by atoms with Crippen LogP contribution in [-0.2, 0) is 0 Å². The first kappa shape index (κ1) is 14.6. The summed E-state index contributed by atoms with van der Waals surface area (Å²) in [5, 5.41) is 0. The third-order valence-electron chi connectivity index (χ3n) is 3.99. The average Bonchev–Trinajstić information content (AvgIpc) is 2.82. The molecule has 1 N–H and O–H groups in total. The van der Waals surface area contributed by atoms with Crippen molar-refractivity contribution in [3.8, 4) is 11.3 Å². The van der Waals surface area contributed by atoms with Gasteiger partial charge in [-0.05, 0) is 41.8 Å². The molecule has 0 fully saturated rings. The van der Waals surface area contributed by atoms with Gasteiger partial charge in [0.1, 0.15) is 0 Å². The number of halogens is 1. The summed E-state index contributed by atoms with van der Waals surface area (Å²) in [6, 6.07) is 21.4. The zero-order chi connectivity index (χ0) is 14.2. The molecule has 2 heteroatoms. The molecule has 1 aliphatic carbocycles. The predicted molar refractivity (Wildman–Crippen MR) is 86.6 cm³/mol. The van der Waals surface area contributed by atoms with Crippen LogP contribution >= 0.6 is 0 Å². The van der Waals surface area contributed by atoms with Crippen molar-refractivity contribution >= 4 is 11.6 Å². The normalized spacial score (nSPS) is 13.4. The van der Waals surface area contributed by atoms with Crippen molar-refractivity contribution in [2.75, 3.05) is 0 Å². The van der Waals surface area contributed by atoms with Crippen LogP contribution in [0.2, 0.25) is 0 Å². The van der Waals surface area contributed by atoms with E-state index in [-0.39, 0.29) is 12.4 Å². The lowest BCUT2D eigenvalue weighted by molar-refractivity contribution is -0.364. The number of aryl methyl sites for hydroxylation is 1. The minimum atomic E-state index is 0. The van der Waals surface area contributed by atoms with Crippen LogP contribution in [0.1, 0.15) is 22.3 Å². The van der Waals surface area contributed by atoms with Crippen molar-refractivity contribution in [3.05, 3.63) is 89.1 Å². The van der Waals surface area contributed by atoms with Gasteiger partial charge < -0.3 is 12.4 Å². The van der Waals surface area contributed by atoms with E-state index in [2.05, 4.69) is 78.6 Å². The number of fused-ring (bicyclic) bond motifs is 3. The third kappa shape index (κ3) is 2.34. The fourth-order valence-corrected chi connectivity index (χ4v) is 3.00. The molecule has 108 valence electrons. The first-order valence-corrected chi connectivity index (χ1v) is 7.22. The number of H-pyrrole nitrogens is 1. The summed E-state index contributed by atoms with van der Waals surface area (Å²) in [6.45, 7) is 2.15. The summed E-state index contributed by atoms with van der Waals surface area (Å²) < 4.78 is 0. The molecule has 0 bridgehead atoms. The van der Waals surface area contributed by atoms with Crippen molar-refractivity contribution in [3.63, 3.8) is 0 Å². The molecule has 22 heavy (non-hydrogen) atoms. The van der Waals surface area contributed by atoms with E-state index in [1.165, 1.54) is 39.1 Å². The molecule has 0 unspecified atom stereocenters. The highest BCUT2D eigenvalue weighted by Crippen LogP contribution is 2.42. The van der Waals surface area contributed by atoms with Crippen molar-refractivity contribution in [1.29, 1.82) is 0 Å². The number of hydrogen-bond acceptors (Lipinski definition) is 0. The van der Waals surface area contributed by atoms with E-state index >= 15 is 0 Å². The summed E-state index contributed by atoms with van der Waals surface area (Å²) in [5.41, 5.74) is 8.93. The Hall–Kier alpha value is -2.38. The molecule has 1 nitrogen and oxygen atoms in total. The lowest BCUT2D eigenvalue weighted by Gasteiger charge is -2.03. The Morgan fingerprint density at radius 1 is 0.818 bits per heavy atom. The van der Waals surface area contributed by atoms with Gasteiger partial charge >= 0.3 is 0 Å². The molecule has 0 spiro atoms. The van der Waals surface area contributed by atoms with Crippen molar-refractivity contribution in [1.82, 2.24) is 0 Å². The number of aromatic nitrogens is 1. The maximum Gasteiger partial charge on any atom is 0.219 e. The predicted octanol–water partition coefficient (Wildman–Crippen LogP) is 1.38. The van der Waals surface area contributed by atoms with Gasteiger partial charge in [-0.3, -0.25) is 0 Å². The SMILES string of the molecule is Cc1ccc2c(c1)C(=Cc1ccccc1)c1ccc[nH+]c1-2.[Cl-]. The maximum atomic E-state index is 3.40. The molecule has 1 heterocycles. The van der Waals surface area contributed by atoms with Gasteiger partial charge in [0, 0.05) is 6.07 Å². The van der Waals surface area contributed by atoms with Crippen molar-refractivity contribution in [2.45, 2.75) is 6.92 Å². The molecule has 0 saturated carbocycles. The fraction of sp³-hybridized carbons (Fsp3) is 0.0500. The summed E-state index contributed by atoms with van der Waals surface area (Å²) in [6.07, 6.45) is 4.27. The highest BCUT2D eigenvalue weighted by molar-refractivity contribution is 6.04. The zero-order valence-corrected chi connectivity index (χ0v) is 13.1. The quantitative estimate of drug-likeness (QED) is 0.504. The molecule has 0 saturated heterocycles. The first-order chi connectivity index (χ1) is 10.3. The van der Waals surface area contributed by atoms with Crippen LogP contribution in [0, 0.1) is 6.92 Å². The van der Waals surface area contributed by atoms with Gasteiger partial charge in [-0.1, -0.05) is 48.0 Å². The maximum absolute atomic E-state index is 3.40. The molecule has 0 radical (unpaired) electrons. The number of hydrogen-bond donors (Lipinski definition) is 0. The number of rotatable bonds is 1. The Labute approximate surface area is 136 Å². The Balaban J connectivity index is 0.00000144. The number of benzene rings is 2. The summed E-state index contributed by atoms with van der Waals surface area (Å²) in [7, 11) is 0. The number of pyridine rings is 1. The Kier molecular flexibility index (Phi) is 3.82. The van der Waals surface area contributed by atoms with Crippen LogP contribution in [0.4, 0.5) is 0 Å². The van der Waals surface area contributed by atoms with Crippen LogP contribution in [-0.4, -0.2) is 0 Å². The molecule has 1 aliphatic rings. The van der Waals surface area contributed by atoms with E-state index in [4.69, 9.17) is 0 Å². The van der Waals surface area contributed by atoms with Gasteiger partial charge in [0.05, 0.1) is 11.1 Å². The second-order valence-electron chi connectivity index (χ2n) is 5.48. The van der Waals surface area contributed by atoms with Crippen LogP contribution < -0.4 is 17.4 Å². The zero-order valence-electron chi connectivity index (χ0n) is 12.3. The van der Waals surface area contributed by atoms with Gasteiger partial charge in [0.25, 0.3) is 0 Å². The Bertz CT molecular complexity index is 851. The molecule has 0 atom stereocenters. The van der Waals surface area contributed by atoms with E-state index in [1.54, 1.807) is 0 Å². The average molecular weight is 306 g/mol. The monoisotopic (exact) mass is 305 g/mol. The van der Waals surface area contributed by atoms with Gasteiger partial charge in [-0.25, -0.2) is 4.98 Å². The molecular formula is C20H16ClN. The smallest absolute Gasteiger partial charge is 0.219 e. The molecule has 0 aliphatic heterocycles. The van der Waals surface area contributed by atoms with Gasteiger partial charge in [0.15, 0.2) is 6.20 Å². The van der Waals surface area contributed by atoms with E-state index in [0.717, 1.165) is 0 Å².